The summed E-state index contributed by atoms with van der Waals surface area (Å²) in [7, 11) is 0. The lowest BCUT2D eigenvalue weighted by atomic mass is 10.1. The van der Waals surface area contributed by atoms with Crippen LogP contribution >= 0.6 is 15.9 Å². The summed E-state index contributed by atoms with van der Waals surface area (Å²) in [4.78, 5) is 4.47. The van der Waals surface area contributed by atoms with Crippen LogP contribution in [0.4, 0.5) is 5.69 Å². The van der Waals surface area contributed by atoms with E-state index in [0.29, 0.717) is 11.7 Å². The fourth-order valence-electron chi connectivity index (χ4n) is 2.11. The maximum absolute atomic E-state index is 5.76. The van der Waals surface area contributed by atoms with Crippen LogP contribution in [0.1, 0.15) is 11.1 Å². The molecule has 0 amide bonds. The summed E-state index contributed by atoms with van der Waals surface area (Å²) in [5.41, 5.74) is 10.5. The van der Waals surface area contributed by atoms with Crippen molar-refractivity contribution in [3.63, 3.8) is 0 Å². The van der Waals surface area contributed by atoms with Crippen LogP contribution in [0.15, 0.2) is 45.4 Å². The van der Waals surface area contributed by atoms with E-state index in [9.17, 15) is 0 Å². The number of aryl methyl sites for hydroxylation is 2. The highest BCUT2D eigenvalue weighted by Crippen LogP contribution is 2.28. The summed E-state index contributed by atoms with van der Waals surface area (Å²) >= 11 is 3.51. The molecule has 0 saturated carbocycles. The molecule has 0 radical (unpaired) electrons. The Kier molecular flexibility index (Phi) is 3.51. The van der Waals surface area contributed by atoms with Gasteiger partial charge in [0.2, 0.25) is 5.82 Å². The average Bonchev–Trinajstić information content (AvgIpc) is 2.91. The minimum atomic E-state index is 0.499. The van der Waals surface area contributed by atoms with Crippen molar-refractivity contribution in [3.05, 3.63) is 52.0 Å². The molecule has 0 atom stereocenters. The van der Waals surface area contributed by atoms with E-state index < -0.39 is 0 Å². The molecule has 2 aromatic carbocycles. The van der Waals surface area contributed by atoms with Gasteiger partial charge in [-0.3, -0.25) is 0 Å². The normalized spacial score (nSPS) is 10.8. The van der Waals surface area contributed by atoms with Crippen LogP contribution in [-0.2, 0) is 0 Å². The lowest BCUT2D eigenvalue weighted by Gasteiger charge is -2.01. The molecule has 3 aromatic rings. The van der Waals surface area contributed by atoms with Crippen LogP contribution in [-0.4, -0.2) is 10.1 Å². The first-order valence-corrected chi connectivity index (χ1v) is 7.30. The average molecular weight is 344 g/mol. The molecule has 2 N–H and O–H groups in total. The van der Waals surface area contributed by atoms with Gasteiger partial charge in [0.05, 0.1) is 0 Å². The molecule has 0 unspecified atom stereocenters. The molecule has 4 nitrogen and oxygen atoms in total. The van der Waals surface area contributed by atoms with Crippen molar-refractivity contribution >= 4 is 21.6 Å². The van der Waals surface area contributed by atoms with Crippen LogP contribution < -0.4 is 5.73 Å². The van der Waals surface area contributed by atoms with Crippen LogP contribution in [0.2, 0.25) is 0 Å². The van der Waals surface area contributed by atoms with Crippen molar-refractivity contribution in [2.45, 2.75) is 13.8 Å². The maximum atomic E-state index is 5.76. The molecular weight excluding hydrogens is 330 g/mol. The van der Waals surface area contributed by atoms with Gasteiger partial charge in [-0.15, -0.1) is 0 Å². The minimum Gasteiger partial charge on any atom is -0.399 e. The molecule has 0 bridgehead atoms. The Bertz CT molecular complexity index is 811. The van der Waals surface area contributed by atoms with E-state index >= 15 is 0 Å². The highest BCUT2D eigenvalue weighted by atomic mass is 79.9. The van der Waals surface area contributed by atoms with Crippen LogP contribution in [0.25, 0.3) is 22.8 Å². The Hall–Kier alpha value is -2.14. The molecule has 0 saturated heterocycles. The summed E-state index contributed by atoms with van der Waals surface area (Å²) in [6.45, 7) is 4.01. The standard InChI is InChI=1S/C16H14BrN3O/c1-9-3-4-11(8-14(9)17)15-19-16(21-20-15)13-6-5-12(18)7-10(13)2/h3-8H,18H2,1-2H3. The van der Waals surface area contributed by atoms with E-state index in [4.69, 9.17) is 10.3 Å². The van der Waals surface area contributed by atoms with Gasteiger partial charge in [0.1, 0.15) is 0 Å². The first-order valence-electron chi connectivity index (χ1n) is 6.51. The van der Waals surface area contributed by atoms with E-state index in [2.05, 4.69) is 26.1 Å². The Morgan fingerprint density at radius 3 is 2.57 bits per heavy atom. The quantitative estimate of drug-likeness (QED) is 0.702. The van der Waals surface area contributed by atoms with E-state index in [1.54, 1.807) is 0 Å². The molecule has 1 aromatic heterocycles. The molecular formula is C16H14BrN3O. The minimum absolute atomic E-state index is 0.499. The van der Waals surface area contributed by atoms with E-state index in [1.807, 2.05) is 50.2 Å². The van der Waals surface area contributed by atoms with Gasteiger partial charge < -0.3 is 10.3 Å². The zero-order valence-electron chi connectivity index (χ0n) is 11.7. The Morgan fingerprint density at radius 2 is 1.86 bits per heavy atom. The number of nitrogens with zero attached hydrogens (tertiary/aromatic N) is 2. The first kappa shape index (κ1) is 13.8. The lowest BCUT2D eigenvalue weighted by Crippen LogP contribution is -1.89. The second-order valence-electron chi connectivity index (χ2n) is 4.96. The van der Waals surface area contributed by atoms with Crippen molar-refractivity contribution < 1.29 is 4.52 Å². The third-order valence-electron chi connectivity index (χ3n) is 3.34. The zero-order chi connectivity index (χ0) is 15.0. The number of anilines is 1. The number of nitrogen functional groups attached to an aromatic ring is 1. The van der Waals surface area contributed by atoms with Crippen molar-refractivity contribution in [1.82, 2.24) is 10.1 Å². The van der Waals surface area contributed by atoms with Gasteiger partial charge >= 0.3 is 0 Å². The molecule has 1 heterocycles. The third-order valence-corrected chi connectivity index (χ3v) is 4.19. The Balaban J connectivity index is 2.01. The molecule has 106 valence electrons. The molecule has 0 fully saturated rings. The highest BCUT2D eigenvalue weighted by Gasteiger charge is 2.13. The van der Waals surface area contributed by atoms with Gasteiger partial charge in [-0.1, -0.05) is 33.2 Å². The number of hydrogen-bond acceptors (Lipinski definition) is 4. The monoisotopic (exact) mass is 343 g/mol. The van der Waals surface area contributed by atoms with Crippen LogP contribution in [0.3, 0.4) is 0 Å². The summed E-state index contributed by atoms with van der Waals surface area (Å²) in [5.74, 6) is 1.07. The van der Waals surface area contributed by atoms with E-state index in [1.165, 1.54) is 0 Å². The highest BCUT2D eigenvalue weighted by molar-refractivity contribution is 9.10. The molecule has 0 spiro atoms. The first-order chi connectivity index (χ1) is 10.0. The predicted molar refractivity (Wildman–Crippen MR) is 86.8 cm³/mol. The van der Waals surface area contributed by atoms with Crippen LogP contribution in [0.5, 0.6) is 0 Å². The van der Waals surface area contributed by atoms with Crippen molar-refractivity contribution in [1.29, 1.82) is 0 Å². The molecule has 0 aliphatic carbocycles. The number of benzene rings is 2. The van der Waals surface area contributed by atoms with Crippen molar-refractivity contribution in [2.24, 2.45) is 0 Å². The van der Waals surface area contributed by atoms with Gasteiger partial charge in [0, 0.05) is 21.3 Å². The fraction of sp³-hybridized carbons (Fsp3) is 0.125. The predicted octanol–water partition coefficient (Wildman–Crippen LogP) is 4.37. The Morgan fingerprint density at radius 1 is 1.05 bits per heavy atom. The summed E-state index contributed by atoms with van der Waals surface area (Å²) in [5, 5.41) is 4.06. The SMILES string of the molecule is Cc1ccc(-c2noc(-c3ccc(N)cc3C)n2)cc1Br. The molecule has 5 heteroatoms. The summed E-state index contributed by atoms with van der Waals surface area (Å²) < 4.78 is 6.40. The Labute approximate surface area is 131 Å². The van der Waals surface area contributed by atoms with Crippen molar-refractivity contribution in [3.8, 4) is 22.8 Å². The van der Waals surface area contributed by atoms with Gasteiger partial charge in [-0.2, -0.15) is 4.98 Å². The molecule has 0 aliphatic rings. The second kappa shape index (κ2) is 5.33. The zero-order valence-corrected chi connectivity index (χ0v) is 13.3. The number of nitrogens with two attached hydrogens (primary N) is 1. The summed E-state index contributed by atoms with van der Waals surface area (Å²) in [6, 6.07) is 11.6. The molecule has 3 rings (SSSR count). The van der Waals surface area contributed by atoms with Gasteiger partial charge in [0.15, 0.2) is 0 Å². The van der Waals surface area contributed by atoms with Gasteiger partial charge in [0.25, 0.3) is 5.89 Å². The van der Waals surface area contributed by atoms with Crippen LogP contribution in [0, 0.1) is 13.8 Å². The number of hydrogen-bond donors (Lipinski definition) is 1. The van der Waals surface area contributed by atoms with E-state index in [0.717, 1.165) is 32.4 Å². The fourth-order valence-corrected chi connectivity index (χ4v) is 2.49. The van der Waals surface area contributed by atoms with Crippen molar-refractivity contribution in [2.75, 3.05) is 5.73 Å². The smallest absolute Gasteiger partial charge is 0.258 e. The van der Waals surface area contributed by atoms with Gasteiger partial charge in [-0.05, 0) is 49.2 Å². The number of aromatic nitrogens is 2. The topological polar surface area (TPSA) is 64.9 Å². The van der Waals surface area contributed by atoms with Gasteiger partial charge in [-0.25, -0.2) is 0 Å². The molecule has 21 heavy (non-hydrogen) atoms. The maximum Gasteiger partial charge on any atom is 0.258 e. The summed E-state index contributed by atoms with van der Waals surface area (Å²) in [6.07, 6.45) is 0. The van der Waals surface area contributed by atoms with E-state index in [-0.39, 0.29) is 0 Å². The number of rotatable bonds is 2. The molecule has 0 aliphatic heterocycles. The lowest BCUT2D eigenvalue weighted by molar-refractivity contribution is 0.432. The number of halogens is 1. The third kappa shape index (κ3) is 2.69. The largest absolute Gasteiger partial charge is 0.399 e. The second-order valence-corrected chi connectivity index (χ2v) is 5.82.